The third-order valence-corrected chi connectivity index (χ3v) is 3.77. The lowest BCUT2D eigenvalue weighted by Gasteiger charge is -2.36. The molecule has 0 aromatic heterocycles. The highest BCUT2D eigenvalue weighted by atomic mass is 35.5. The van der Waals surface area contributed by atoms with E-state index >= 15 is 0 Å². The summed E-state index contributed by atoms with van der Waals surface area (Å²) in [7, 11) is 0. The molecule has 1 aliphatic carbocycles. The normalized spacial score (nSPS) is 31.9. The van der Waals surface area contributed by atoms with Crippen LogP contribution in [0.1, 0.15) is 38.1 Å². The first-order valence-corrected chi connectivity index (χ1v) is 4.91. The van der Waals surface area contributed by atoms with Gasteiger partial charge in [-0.05, 0) is 18.1 Å². The van der Waals surface area contributed by atoms with Crippen LogP contribution in [0.3, 0.4) is 0 Å². The molecule has 0 heterocycles. The lowest BCUT2D eigenvalue weighted by atomic mass is 9.74. The van der Waals surface area contributed by atoms with Crippen LogP contribution in [0.5, 0.6) is 0 Å². The van der Waals surface area contributed by atoms with E-state index in [2.05, 4.69) is 0 Å². The van der Waals surface area contributed by atoms with Gasteiger partial charge in [-0.1, -0.05) is 38.1 Å². The third kappa shape index (κ3) is 1.39. The molecule has 84 valence electrons. The van der Waals surface area contributed by atoms with E-state index in [0.29, 0.717) is 0 Å². The molecule has 3 heteroatoms. The summed E-state index contributed by atoms with van der Waals surface area (Å²) in [5.74, 6) is 0. The molecule has 0 saturated heterocycles. The van der Waals surface area contributed by atoms with Crippen LogP contribution in [-0.4, -0.2) is 0 Å². The van der Waals surface area contributed by atoms with Crippen LogP contribution in [0.4, 0.5) is 4.39 Å². The van der Waals surface area contributed by atoms with Gasteiger partial charge in [0.15, 0.2) is 0 Å². The highest BCUT2D eigenvalue weighted by Gasteiger charge is 2.53. The molecule has 0 fully saturated rings. The number of rotatable bonds is 0. The number of benzene rings is 1. The van der Waals surface area contributed by atoms with Gasteiger partial charge in [0.25, 0.3) is 0 Å². The molecule has 0 amide bonds. The average Bonchev–Trinajstić information content (AvgIpc) is 2.27. The van der Waals surface area contributed by atoms with E-state index < -0.39 is 17.1 Å². The van der Waals surface area contributed by atoms with Gasteiger partial charge >= 0.3 is 0 Å². The van der Waals surface area contributed by atoms with Crippen LogP contribution in [0.25, 0.3) is 0 Å². The molecule has 1 nitrogen and oxygen atoms in total. The SMILES string of the molecule is CC1(N)c2ccccc2C(F)C1(C)C.Cl. The summed E-state index contributed by atoms with van der Waals surface area (Å²) in [5, 5.41) is 0. The Morgan fingerprint density at radius 1 is 1.20 bits per heavy atom. The zero-order valence-corrected chi connectivity index (χ0v) is 10.1. The molecular weight excluding hydrogens is 213 g/mol. The van der Waals surface area contributed by atoms with Gasteiger partial charge < -0.3 is 5.73 Å². The second kappa shape index (κ2) is 3.46. The standard InChI is InChI=1S/C12H16FN.ClH/c1-11(2)10(13)8-6-4-5-7-9(8)12(11,3)14;/h4-7,10H,14H2,1-3H3;1H. The van der Waals surface area contributed by atoms with Crippen molar-refractivity contribution in [2.24, 2.45) is 11.1 Å². The van der Waals surface area contributed by atoms with Gasteiger partial charge in [-0.2, -0.15) is 0 Å². The fraction of sp³-hybridized carbons (Fsp3) is 0.500. The van der Waals surface area contributed by atoms with Crippen molar-refractivity contribution in [1.82, 2.24) is 0 Å². The summed E-state index contributed by atoms with van der Waals surface area (Å²) in [6.07, 6.45) is -0.964. The molecule has 1 aliphatic rings. The van der Waals surface area contributed by atoms with Crippen LogP contribution in [0.15, 0.2) is 24.3 Å². The maximum absolute atomic E-state index is 14.1. The van der Waals surface area contributed by atoms with Gasteiger partial charge in [0.05, 0.1) is 0 Å². The van der Waals surface area contributed by atoms with Crippen LogP contribution < -0.4 is 5.73 Å². The minimum atomic E-state index is -0.964. The van der Waals surface area contributed by atoms with E-state index in [0.717, 1.165) is 11.1 Å². The van der Waals surface area contributed by atoms with Crippen LogP contribution in [0, 0.1) is 5.41 Å². The topological polar surface area (TPSA) is 26.0 Å². The molecule has 2 rings (SSSR count). The van der Waals surface area contributed by atoms with Crippen LogP contribution in [0.2, 0.25) is 0 Å². The van der Waals surface area contributed by atoms with Gasteiger partial charge in [-0.25, -0.2) is 4.39 Å². The zero-order valence-electron chi connectivity index (χ0n) is 9.25. The van der Waals surface area contributed by atoms with E-state index in [9.17, 15) is 4.39 Å². The van der Waals surface area contributed by atoms with E-state index in [4.69, 9.17) is 5.73 Å². The van der Waals surface area contributed by atoms with Gasteiger partial charge in [0.1, 0.15) is 6.17 Å². The Bertz CT molecular complexity index is 374. The van der Waals surface area contributed by atoms with Gasteiger partial charge in [-0.15, -0.1) is 12.4 Å². The van der Waals surface area contributed by atoms with Crippen molar-refractivity contribution in [2.75, 3.05) is 0 Å². The van der Waals surface area contributed by atoms with Crippen molar-refractivity contribution in [2.45, 2.75) is 32.5 Å². The molecule has 0 aliphatic heterocycles. The molecule has 15 heavy (non-hydrogen) atoms. The van der Waals surface area contributed by atoms with Crippen LogP contribution >= 0.6 is 12.4 Å². The Balaban J connectivity index is 0.00000112. The summed E-state index contributed by atoms with van der Waals surface area (Å²) in [6, 6.07) is 7.54. The molecule has 0 bridgehead atoms. The Morgan fingerprint density at radius 2 is 1.73 bits per heavy atom. The second-order valence-corrected chi connectivity index (χ2v) is 4.87. The first-order valence-electron chi connectivity index (χ1n) is 4.91. The third-order valence-electron chi connectivity index (χ3n) is 3.77. The summed E-state index contributed by atoms with van der Waals surface area (Å²) in [6.45, 7) is 5.68. The fourth-order valence-electron chi connectivity index (χ4n) is 2.19. The fourth-order valence-corrected chi connectivity index (χ4v) is 2.19. The van der Waals surface area contributed by atoms with E-state index in [1.165, 1.54) is 0 Å². The number of hydrogen-bond donors (Lipinski definition) is 1. The largest absolute Gasteiger partial charge is 0.321 e. The quantitative estimate of drug-likeness (QED) is 0.726. The number of nitrogens with two attached hydrogens (primary N) is 1. The zero-order chi connectivity index (χ0) is 10.6. The van der Waals surface area contributed by atoms with Crippen molar-refractivity contribution < 1.29 is 4.39 Å². The predicted molar refractivity (Wildman–Crippen MR) is 62.9 cm³/mol. The van der Waals surface area contributed by atoms with Gasteiger partial charge in [0.2, 0.25) is 0 Å². The smallest absolute Gasteiger partial charge is 0.133 e. The van der Waals surface area contributed by atoms with Crippen molar-refractivity contribution in [1.29, 1.82) is 0 Å². The number of fused-ring (bicyclic) bond motifs is 1. The van der Waals surface area contributed by atoms with Gasteiger partial charge in [0, 0.05) is 11.0 Å². The average molecular weight is 230 g/mol. The molecule has 2 N–H and O–H groups in total. The summed E-state index contributed by atoms with van der Waals surface area (Å²) < 4.78 is 14.1. The van der Waals surface area contributed by atoms with Crippen LogP contribution in [-0.2, 0) is 5.54 Å². The summed E-state index contributed by atoms with van der Waals surface area (Å²) in [5.41, 5.74) is 6.80. The monoisotopic (exact) mass is 229 g/mol. The molecule has 0 spiro atoms. The highest BCUT2D eigenvalue weighted by Crippen LogP contribution is 2.56. The number of halogens is 2. The van der Waals surface area contributed by atoms with Crippen molar-refractivity contribution >= 4 is 12.4 Å². The molecule has 2 unspecified atom stereocenters. The van der Waals surface area contributed by atoms with E-state index in [1.54, 1.807) is 0 Å². The minimum absolute atomic E-state index is 0. The van der Waals surface area contributed by atoms with Gasteiger partial charge in [-0.3, -0.25) is 0 Å². The Morgan fingerprint density at radius 3 is 2.27 bits per heavy atom. The summed E-state index contributed by atoms with van der Waals surface area (Å²) >= 11 is 0. The Labute approximate surface area is 96.3 Å². The summed E-state index contributed by atoms with van der Waals surface area (Å²) in [4.78, 5) is 0. The van der Waals surface area contributed by atoms with E-state index in [-0.39, 0.29) is 12.4 Å². The molecule has 1 aromatic carbocycles. The molecule has 0 radical (unpaired) electrons. The van der Waals surface area contributed by atoms with Crippen molar-refractivity contribution in [3.8, 4) is 0 Å². The second-order valence-electron chi connectivity index (χ2n) is 4.87. The molecule has 0 saturated carbocycles. The molecular formula is C12H17ClFN. The first kappa shape index (κ1) is 12.5. The maximum atomic E-state index is 14.1. The predicted octanol–water partition coefficient (Wildman–Crippen LogP) is 3.33. The molecule has 2 atom stereocenters. The minimum Gasteiger partial charge on any atom is -0.321 e. The number of alkyl halides is 1. The number of hydrogen-bond acceptors (Lipinski definition) is 1. The lowest BCUT2D eigenvalue weighted by Crippen LogP contribution is -2.44. The maximum Gasteiger partial charge on any atom is 0.133 e. The van der Waals surface area contributed by atoms with E-state index in [1.807, 2.05) is 45.0 Å². The van der Waals surface area contributed by atoms with Crippen molar-refractivity contribution in [3.63, 3.8) is 0 Å². The lowest BCUT2D eigenvalue weighted by molar-refractivity contribution is 0.0873. The highest BCUT2D eigenvalue weighted by molar-refractivity contribution is 5.85. The Hall–Kier alpha value is -0.600. The first-order chi connectivity index (χ1) is 6.39. The Kier molecular flexibility index (Phi) is 2.88. The van der Waals surface area contributed by atoms with Crippen molar-refractivity contribution in [3.05, 3.63) is 35.4 Å². The molecule has 1 aromatic rings.